The van der Waals surface area contributed by atoms with Crippen LogP contribution >= 0.6 is 15.9 Å². The van der Waals surface area contributed by atoms with Crippen molar-refractivity contribution in [2.75, 3.05) is 13.2 Å². The lowest BCUT2D eigenvalue weighted by molar-refractivity contribution is 0.0853. The Morgan fingerprint density at radius 3 is 2.64 bits per heavy atom. The summed E-state index contributed by atoms with van der Waals surface area (Å²) in [6, 6.07) is 8.27. The second-order valence-corrected chi connectivity index (χ2v) is 6.16. The van der Waals surface area contributed by atoms with Gasteiger partial charge in [-0.25, -0.2) is 0 Å². The number of hydrogen-bond donors (Lipinski definition) is 2. The third-order valence-electron chi connectivity index (χ3n) is 3.95. The molecule has 0 unspecified atom stereocenters. The van der Waals surface area contributed by atoms with Gasteiger partial charge < -0.3 is 14.6 Å². The standard InChI is InChI=1S/C16H19BrN2O3/c17-16-14(9-20)18-19-15(16)10-22-13-3-1-11(2-4-13)12-5-7-21-8-6-12/h1-4,12,20H,5-10H2,(H,18,19). The molecule has 1 saturated heterocycles. The molecule has 0 saturated carbocycles. The van der Waals surface area contributed by atoms with Gasteiger partial charge in [0.2, 0.25) is 0 Å². The van der Waals surface area contributed by atoms with Gasteiger partial charge in [-0.3, -0.25) is 5.10 Å². The van der Waals surface area contributed by atoms with Gasteiger partial charge in [-0.1, -0.05) is 12.1 Å². The fourth-order valence-electron chi connectivity index (χ4n) is 2.63. The Kier molecular flexibility index (Phi) is 5.12. The predicted octanol–water partition coefficient (Wildman–Crippen LogP) is 3.14. The van der Waals surface area contributed by atoms with Crippen molar-refractivity contribution in [2.45, 2.75) is 32.0 Å². The van der Waals surface area contributed by atoms with E-state index in [1.807, 2.05) is 12.1 Å². The number of H-pyrrole nitrogens is 1. The lowest BCUT2D eigenvalue weighted by Crippen LogP contribution is -2.13. The van der Waals surface area contributed by atoms with Crippen molar-refractivity contribution < 1.29 is 14.6 Å². The molecule has 118 valence electrons. The first-order chi connectivity index (χ1) is 10.8. The number of ether oxygens (including phenoxy) is 2. The molecule has 1 aromatic carbocycles. The highest BCUT2D eigenvalue weighted by atomic mass is 79.9. The number of aromatic amines is 1. The minimum atomic E-state index is -0.100. The molecule has 2 aromatic rings. The van der Waals surface area contributed by atoms with Crippen LogP contribution in [0.1, 0.15) is 35.7 Å². The van der Waals surface area contributed by atoms with Gasteiger partial charge in [-0.05, 0) is 52.4 Å². The number of halogens is 1. The maximum atomic E-state index is 9.11. The lowest BCUT2D eigenvalue weighted by Gasteiger charge is -2.22. The van der Waals surface area contributed by atoms with E-state index in [1.165, 1.54) is 5.56 Å². The van der Waals surface area contributed by atoms with Crippen LogP contribution in [-0.4, -0.2) is 28.5 Å². The molecule has 0 radical (unpaired) electrons. The first-order valence-electron chi connectivity index (χ1n) is 7.41. The van der Waals surface area contributed by atoms with Crippen LogP contribution in [0.3, 0.4) is 0 Å². The van der Waals surface area contributed by atoms with E-state index >= 15 is 0 Å². The SMILES string of the molecule is OCc1n[nH]c(COc2ccc(C3CCOCC3)cc2)c1Br. The minimum absolute atomic E-state index is 0.100. The molecule has 2 heterocycles. The zero-order valence-corrected chi connectivity index (χ0v) is 13.8. The topological polar surface area (TPSA) is 67.4 Å². The molecule has 0 spiro atoms. The molecule has 0 atom stereocenters. The molecule has 2 N–H and O–H groups in total. The van der Waals surface area contributed by atoms with E-state index in [0.29, 0.717) is 18.2 Å². The molecule has 1 aromatic heterocycles. The number of benzene rings is 1. The first kappa shape index (κ1) is 15.5. The molecule has 5 nitrogen and oxygen atoms in total. The smallest absolute Gasteiger partial charge is 0.131 e. The van der Waals surface area contributed by atoms with Gasteiger partial charge in [0.15, 0.2) is 0 Å². The van der Waals surface area contributed by atoms with Gasteiger partial charge in [-0.2, -0.15) is 5.10 Å². The molecular formula is C16H19BrN2O3. The summed E-state index contributed by atoms with van der Waals surface area (Å²) in [7, 11) is 0. The summed E-state index contributed by atoms with van der Waals surface area (Å²) >= 11 is 3.40. The summed E-state index contributed by atoms with van der Waals surface area (Å²) < 4.78 is 11.9. The highest BCUT2D eigenvalue weighted by Gasteiger charge is 2.16. The molecule has 1 fully saturated rings. The largest absolute Gasteiger partial charge is 0.487 e. The van der Waals surface area contributed by atoms with Crippen LogP contribution < -0.4 is 4.74 Å². The Bertz CT molecular complexity index is 606. The highest BCUT2D eigenvalue weighted by Crippen LogP contribution is 2.28. The Balaban J connectivity index is 1.59. The second-order valence-electron chi connectivity index (χ2n) is 5.37. The van der Waals surface area contributed by atoms with E-state index in [0.717, 1.165) is 42.0 Å². The van der Waals surface area contributed by atoms with E-state index in [-0.39, 0.29) is 6.61 Å². The average molecular weight is 367 g/mol. The van der Waals surface area contributed by atoms with Gasteiger partial charge in [0.1, 0.15) is 18.1 Å². The molecule has 6 heteroatoms. The molecular weight excluding hydrogens is 348 g/mol. The third kappa shape index (κ3) is 3.51. The molecule has 0 aliphatic carbocycles. The van der Waals surface area contributed by atoms with E-state index in [1.54, 1.807) is 0 Å². The molecule has 22 heavy (non-hydrogen) atoms. The van der Waals surface area contributed by atoms with E-state index in [2.05, 4.69) is 38.3 Å². The Hall–Kier alpha value is -1.37. The van der Waals surface area contributed by atoms with Crippen molar-refractivity contribution in [3.8, 4) is 5.75 Å². The van der Waals surface area contributed by atoms with Crippen LogP contribution in [0.4, 0.5) is 0 Å². The molecule has 3 rings (SSSR count). The third-order valence-corrected chi connectivity index (χ3v) is 4.89. The summed E-state index contributed by atoms with van der Waals surface area (Å²) in [6.45, 7) is 1.98. The summed E-state index contributed by atoms with van der Waals surface area (Å²) in [6.07, 6.45) is 2.18. The number of hydrogen-bond acceptors (Lipinski definition) is 4. The van der Waals surface area contributed by atoms with Gasteiger partial charge in [0, 0.05) is 13.2 Å². The summed E-state index contributed by atoms with van der Waals surface area (Å²) in [4.78, 5) is 0. The van der Waals surface area contributed by atoms with Gasteiger partial charge in [0.25, 0.3) is 0 Å². The van der Waals surface area contributed by atoms with Crippen LogP contribution in [0.5, 0.6) is 5.75 Å². The first-order valence-corrected chi connectivity index (χ1v) is 8.20. The molecule has 1 aliphatic rings. The van der Waals surface area contributed by atoms with Gasteiger partial charge >= 0.3 is 0 Å². The molecule has 0 bridgehead atoms. The Labute approximate surface area is 137 Å². The van der Waals surface area contributed by atoms with E-state index in [9.17, 15) is 0 Å². The summed E-state index contributed by atoms with van der Waals surface area (Å²) in [5, 5.41) is 16.0. The number of nitrogens with zero attached hydrogens (tertiary/aromatic N) is 1. The second kappa shape index (κ2) is 7.26. The van der Waals surface area contributed by atoms with Crippen molar-refractivity contribution in [2.24, 2.45) is 0 Å². The van der Waals surface area contributed by atoms with Crippen molar-refractivity contribution in [3.63, 3.8) is 0 Å². The van der Waals surface area contributed by atoms with Crippen molar-refractivity contribution in [3.05, 3.63) is 45.7 Å². The quantitative estimate of drug-likeness (QED) is 0.852. The summed E-state index contributed by atoms with van der Waals surface area (Å²) in [5.74, 6) is 1.42. The number of aliphatic hydroxyl groups excluding tert-OH is 1. The molecule has 1 aliphatic heterocycles. The monoisotopic (exact) mass is 366 g/mol. The maximum Gasteiger partial charge on any atom is 0.131 e. The van der Waals surface area contributed by atoms with Gasteiger partial charge in [0.05, 0.1) is 16.8 Å². The van der Waals surface area contributed by atoms with Gasteiger partial charge in [-0.15, -0.1) is 0 Å². The molecule has 0 amide bonds. The van der Waals surface area contributed by atoms with Crippen molar-refractivity contribution in [1.82, 2.24) is 10.2 Å². The summed E-state index contributed by atoms with van der Waals surface area (Å²) in [5.41, 5.74) is 2.76. The van der Waals surface area contributed by atoms with Crippen molar-refractivity contribution in [1.29, 1.82) is 0 Å². The number of rotatable bonds is 5. The highest BCUT2D eigenvalue weighted by molar-refractivity contribution is 9.10. The fourth-order valence-corrected chi connectivity index (χ4v) is 3.05. The van der Waals surface area contributed by atoms with E-state index < -0.39 is 0 Å². The number of aliphatic hydroxyl groups is 1. The van der Waals surface area contributed by atoms with Crippen molar-refractivity contribution >= 4 is 15.9 Å². The average Bonchev–Trinajstić information content (AvgIpc) is 2.94. The van der Waals surface area contributed by atoms with Crippen LogP contribution in [0.2, 0.25) is 0 Å². The number of aromatic nitrogens is 2. The van der Waals surface area contributed by atoms with E-state index in [4.69, 9.17) is 14.6 Å². The van der Waals surface area contributed by atoms with Crippen LogP contribution in [-0.2, 0) is 18.0 Å². The van der Waals surface area contributed by atoms with Crippen LogP contribution in [0, 0.1) is 0 Å². The Morgan fingerprint density at radius 2 is 2.00 bits per heavy atom. The Morgan fingerprint density at radius 1 is 1.27 bits per heavy atom. The number of nitrogens with one attached hydrogen (secondary N) is 1. The van der Waals surface area contributed by atoms with Crippen LogP contribution in [0.25, 0.3) is 0 Å². The fraction of sp³-hybridized carbons (Fsp3) is 0.438. The zero-order chi connectivity index (χ0) is 15.4. The lowest BCUT2D eigenvalue weighted by atomic mass is 9.92. The van der Waals surface area contributed by atoms with Crippen LogP contribution in [0.15, 0.2) is 28.7 Å². The predicted molar refractivity (Wildman–Crippen MR) is 85.8 cm³/mol. The normalized spacial score (nSPS) is 15.9. The maximum absolute atomic E-state index is 9.11. The minimum Gasteiger partial charge on any atom is -0.487 e. The zero-order valence-electron chi connectivity index (χ0n) is 12.2.